The molecule has 94 valence electrons. The molecule has 0 fully saturated rings. The first-order valence-corrected chi connectivity index (χ1v) is 6.10. The second-order valence-corrected chi connectivity index (χ2v) is 4.66. The number of aromatic nitrogens is 1. The van der Waals surface area contributed by atoms with Crippen molar-refractivity contribution in [1.82, 2.24) is 4.98 Å². The maximum Gasteiger partial charge on any atom is 0.256 e. The van der Waals surface area contributed by atoms with E-state index in [1.54, 1.807) is 36.4 Å². The minimum Gasteiger partial charge on any atom is -0.321 e. The smallest absolute Gasteiger partial charge is 0.256 e. The van der Waals surface area contributed by atoms with E-state index in [1.165, 1.54) is 12.1 Å². The molecule has 0 aliphatic rings. The molecule has 3 aromatic rings. The number of aromatic amines is 1. The maximum absolute atomic E-state index is 13.8. The van der Waals surface area contributed by atoms with Gasteiger partial charge in [0, 0.05) is 21.5 Å². The zero-order chi connectivity index (χ0) is 13.4. The molecule has 1 N–H and O–H groups in total. The Morgan fingerprint density at radius 1 is 1.00 bits per heavy atom. The Kier molecular flexibility index (Phi) is 2.84. The zero-order valence-corrected chi connectivity index (χ0v) is 10.5. The van der Waals surface area contributed by atoms with Gasteiger partial charge in [-0.05, 0) is 35.9 Å². The van der Waals surface area contributed by atoms with Crippen LogP contribution in [0.15, 0.2) is 53.3 Å². The second-order valence-electron chi connectivity index (χ2n) is 4.22. The lowest BCUT2D eigenvalue weighted by Crippen LogP contribution is -2.07. The first-order valence-electron chi connectivity index (χ1n) is 5.72. The summed E-state index contributed by atoms with van der Waals surface area (Å²) in [7, 11) is 0. The van der Waals surface area contributed by atoms with Gasteiger partial charge < -0.3 is 4.98 Å². The fourth-order valence-corrected chi connectivity index (χ4v) is 2.16. The summed E-state index contributed by atoms with van der Waals surface area (Å²) in [5.74, 6) is -0.404. The van der Waals surface area contributed by atoms with E-state index in [9.17, 15) is 9.18 Å². The molecule has 0 atom stereocenters. The van der Waals surface area contributed by atoms with Gasteiger partial charge in [0.2, 0.25) is 0 Å². The summed E-state index contributed by atoms with van der Waals surface area (Å²) in [5, 5.41) is 1.27. The number of hydrogen-bond donors (Lipinski definition) is 1. The third kappa shape index (κ3) is 2.13. The molecule has 0 amide bonds. The molecule has 0 spiro atoms. The van der Waals surface area contributed by atoms with Crippen LogP contribution in [-0.4, -0.2) is 4.98 Å². The van der Waals surface area contributed by atoms with Gasteiger partial charge in [0.05, 0.1) is 0 Å². The largest absolute Gasteiger partial charge is 0.321 e. The molecule has 3 rings (SSSR count). The maximum atomic E-state index is 13.8. The molecule has 1 aromatic heterocycles. The normalized spacial score (nSPS) is 10.8. The minimum atomic E-state index is -0.404. The number of fused-ring (bicyclic) bond motifs is 1. The van der Waals surface area contributed by atoms with Crippen molar-refractivity contribution in [2.24, 2.45) is 0 Å². The SMILES string of the molecule is O=c1[nH]c(-c2ccc(Cl)cc2)cc2c(F)cccc12. The number of benzene rings is 2. The molecule has 2 nitrogen and oxygen atoms in total. The van der Waals surface area contributed by atoms with Crippen LogP contribution in [0.4, 0.5) is 4.39 Å². The van der Waals surface area contributed by atoms with Crippen LogP contribution in [0.25, 0.3) is 22.0 Å². The molecule has 2 aromatic carbocycles. The fourth-order valence-electron chi connectivity index (χ4n) is 2.04. The van der Waals surface area contributed by atoms with Gasteiger partial charge in [0.25, 0.3) is 5.56 Å². The highest BCUT2D eigenvalue weighted by Gasteiger charge is 2.07. The number of H-pyrrole nitrogens is 1. The van der Waals surface area contributed by atoms with Crippen LogP contribution < -0.4 is 5.56 Å². The van der Waals surface area contributed by atoms with Gasteiger partial charge >= 0.3 is 0 Å². The standard InChI is InChI=1S/C15H9ClFNO/c16-10-6-4-9(5-7-10)14-8-12-11(15(19)18-14)2-1-3-13(12)17/h1-8H,(H,18,19). The fraction of sp³-hybridized carbons (Fsp3) is 0. The van der Waals surface area contributed by atoms with E-state index in [0.29, 0.717) is 21.5 Å². The number of nitrogens with one attached hydrogen (secondary N) is 1. The van der Waals surface area contributed by atoms with Gasteiger partial charge in [-0.3, -0.25) is 4.79 Å². The Morgan fingerprint density at radius 2 is 1.74 bits per heavy atom. The number of rotatable bonds is 1. The molecule has 0 saturated carbocycles. The molecule has 4 heteroatoms. The molecule has 0 bridgehead atoms. The third-order valence-electron chi connectivity index (χ3n) is 2.99. The van der Waals surface area contributed by atoms with Gasteiger partial charge in [0.1, 0.15) is 5.82 Å². The highest BCUT2D eigenvalue weighted by molar-refractivity contribution is 6.30. The Labute approximate surface area is 113 Å². The van der Waals surface area contributed by atoms with E-state index in [4.69, 9.17) is 11.6 Å². The van der Waals surface area contributed by atoms with Crippen LogP contribution in [0.3, 0.4) is 0 Å². The molecule has 0 unspecified atom stereocenters. The predicted molar refractivity (Wildman–Crippen MR) is 75.0 cm³/mol. The third-order valence-corrected chi connectivity index (χ3v) is 3.24. The molecule has 0 radical (unpaired) electrons. The lowest BCUT2D eigenvalue weighted by atomic mass is 10.1. The van der Waals surface area contributed by atoms with Gasteiger partial charge in [-0.2, -0.15) is 0 Å². The van der Waals surface area contributed by atoms with Gasteiger partial charge in [-0.25, -0.2) is 4.39 Å². The summed E-state index contributed by atoms with van der Waals surface area (Å²) >= 11 is 5.82. The summed E-state index contributed by atoms with van der Waals surface area (Å²) in [4.78, 5) is 14.7. The van der Waals surface area contributed by atoms with E-state index in [2.05, 4.69) is 4.98 Å². The minimum absolute atomic E-state index is 0.304. The highest BCUT2D eigenvalue weighted by atomic mass is 35.5. The highest BCUT2D eigenvalue weighted by Crippen LogP contribution is 2.23. The summed E-state index contributed by atoms with van der Waals surface area (Å²) in [6, 6.07) is 13.1. The molecule has 19 heavy (non-hydrogen) atoms. The molecular weight excluding hydrogens is 265 g/mol. The summed E-state index contributed by atoms with van der Waals surface area (Å²) in [6.45, 7) is 0. The van der Waals surface area contributed by atoms with E-state index in [0.717, 1.165) is 5.56 Å². The summed E-state index contributed by atoms with van der Waals surface area (Å²) in [6.07, 6.45) is 0. The van der Waals surface area contributed by atoms with Crippen LogP contribution in [0.1, 0.15) is 0 Å². The van der Waals surface area contributed by atoms with Crippen LogP contribution >= 0.6 is 11.6 Å². The Bertz CT molecular complexity index is 808. The molecule has 1 heterocycles. The van der Waals surface area contributed by atoms with E-state index in [1.807, 2.05) is 0 Å². The Morgan fingerprint density at radius 3 is 2.47 bits per heavy atom. The van der Waals surface area contributed by atoms with Crippen molar-refractivity contribution in [2.45, 2.75) is 0 Å². The van der Waals surface area contributed by atoms with Crippen molar-refractivity contribution >= 4 is 22.4 Å². The van der Waals surface area contributed by atoms with Crippen molar-refractivity contribution in [3.05, 3.63) is 69.7 Å². The van der Waals surface area contributed by atoms with Crippen LogP contribution in [0.5, 0.6) is 0 Å². The van der Waals surface area contributed by atoms with Gasteiger partial charge in [-0.15, -0.1) is 0 Å². The molecule has 0 aliphatic carbocycles. The van der Waals surface area contributed by atoms with Crippen LogP contribution in [0.2, 0.25) is 5.02 Å². The average Bonchev–Trinajstić information content (AvgIpc) is 2.41. The van der Waals surface area contributed by atoms with Crippen molar-refractivity contribution in [2.75, 3.05) is 0 Å². The first kappa shape index (κ1) is 11.9. The topological polar surface area (TPSA) is 32.9 Å². The van der Waals surface area contributed by atoms with E-state index < -0.39 is 5.82 Å². The molecular formula is C15H9ClFNO. The quantitative estimate of drug-likeness (QED) is 0.714. The van der Waals surface area contributed by atoms with E-state index in [-0.39, 0.29) is 5.56 Å². The van der Waals surface area contributed by atoms with Crippen molar-refractivity contribution in [3.63, 3.8) is 0 Å². The average molecular weight is 274 g/mol. The summed E-state index contributed by atoms with van der Waals surface area (Å²) < 4.78 is 13.8. The van der Waals surface area contributed by atoms with Gasteiger partial charge in [0.15, 0.2) is 0 Å². The molecule has 0 aliphatic heterocycles. The van der Waals surface area contributed by atoms with Crippen molar-refractivity contribution in [3.8, 4) is 11.3 Å². The van der Waals surface area contributed by atoms with Crippen molar-refractivity contribution < 1.29 is 4.39 Å². The Hall–Kier alpha value is -2.13. The lowest BCUT2D eigenvalue weighted by molar-refractivity contribution is 0.639. The summed E-state index contributed by atoms with van der Waals surface area (Å²) in [5.41, 5.74) is 1.05. The Balaban J connectivity index is 2.29. The van der Waals surface area contributed by atoms with Crippen LogP contribution in [-0.2, 0) is 0 Å². The lowest BCUT2D eigenvalue weighted by Gasteiger charge is -2.05. The zero-order valence-electron chi connectivity index (χ0n) is 9.78. The first-order chi connectivity index (χ1) is 9.15. The number of halogens is 2. The van der Waals surface area contributed by atoms with Gasteiger partial charge in [-0.1, -0.05) is 29.8 Å². The van der Waals surface area contributed by atoms with Crippen molar-refractivity contribution in [1.29, 1.82) is 0 Å². The molecule has 0 saturated heterocycles. The number of pyridine rings is 1. The van der Waals surface area contributed by atoms with Crippen LogP contribution in [0, 0.1) is 5.82 Å². The second kappa shape index (κ2) is 4.52. The predicted octanol–water partition coefficient (Wildman–Crippen LogP) is 3.99. The number of hydrogen-bond acceptors (Lipinski definition) is 1. The monoisotopic (exact) mass is 273 g/mol. The van der Waals surface area contributed by atoms with E-state index >= 15 is 0 Å².